The highest BCUT2D eigenvalue weighted by atomic mass is 32.2. The molecule has 0 amide bonds. The molecular formula is C18H24FN3S. The fourth-order valence-electron chi connectivity index (χ4n) is 3.36. The lowest BCUT2D eigenvalue weighted by molar-refractivity contribution is 0.435. The summed E-state index contributed by atoms with van der Waals surface area (Å²) in [6.45, 7) is 6.38. The molecule has 2 heterocycles. The number of aryl methyl sites for hydroxylation is 2. The Hall–Kier alpha value is -1.33. The molecule has 1 aromatic carbocycles. The summed E-state index contributed by atoms with van der Waals surface area (Å²) >= 11 is 1.82. The largest absolute Gasteiger partial charge is 0.307 e. The van der Waals surface area contributed by atoms with Gasteiger partial charge in [-0.2, -0.15) is 5.10 Å². The lowest BCUT2D eigenvalue weighted by atomic mass is 10.00. The number of nitrogens with zero attached hydrogens (tertiary/aromatic N) is 2. The summed E-state index contributed by atoms with van der Waals surface area (Å²) in [5.74, 6) is 0.929. The van der Waals surface area contributed by atoms with E-state index < -0.39 is 0 Å². The highest BCUT2D eigenvalue weighted by Gasteiger charge is 2.23. The maximum Gasteiger partial charge on any atom is 0.123 e. The number of halogens is 1. The summed E-state index contributed by atoms with van der Waals surface area (Å²) < 4.78 is 15.6. The Labute approximate surface area is 141 Å². The molecule has 3 rings (SSSR count). The van der Waals surface area contributed by atoms with Crippen molar-refractivity contribution in [1.82, 2.24) is 15.1 Å². The number of benzene rings is 1. The second kappa shape index (κ2) is 6.65. The first-order valence-corrected chi connectivity index (χ1v) is 9.11. The monoisotopic (exact) mass is 333 g/mol. The third-order valence-electron chi connectivity index (χ3n) is 4.67. The van der Waals surface area contributed by atoms with Gasteiger partial charge in [0.05, 0.1) is 5.69 Å². The SMILES string of the molecule is Cc1nn(C)c(C)c1CC(C)NC1CCSc2ccc(F)cc21. The Morgan fingerprint density at radius 3 is 2.91 bits per heavy atom. The first kappa shape index (κ1) is 16.5. The van der Waals surface area contributed by atoms with Crippen LogP contribution in [0, 0.1) is 19.7 Å². The molecule has 2 unspecified atom stereocenters. The molecule has 1 aromatic heterocycles. The summed E-state index contributed by atoms with van der Waals surface area (Å²) in [6.07, 6.45) is 1.98. The Bertz CT molecular complexity index is 711. The van der Waals surface area contributed by atoms with Gasteiger partial charge in [0.25, 0.3) is 0 Å². The van der Waals surface area contributed by atoms with Crippen molar-refractivity contribution in [1.29, 1.82) is 0 Å². The van der Waals surface area contributed by atoms with Gasteiger partial charge in [-0.05, 0) is 68.7 Å². The van der Waals surface area contributed by atoms with E-state index in [0.29, 0.717) is 6.04 Å². The molecule has 0 spiro atoms. The van der Waals surface area contributed by atoms with Crippen LogP contribution in [0.4, 0.5) is 4.39 Å². The average Bonchev–Trinajstić information content (AvgIpc) is 2.74. The van der Waals surface area contributed by atoms with Gasteiger partial charge in [0, 0.05) is 29.7 Å². The third-order valence-corrected chi connectivity index (χ3v) is 5.79. The van der Waals surface area contributed by atoms with E-state index in [1.54, 1.807) is 12.1 Å². The molecule has 0 saturated heterocycles. The zero-order valence-electron chi connectivity index (χ0n) is 14.2. The second-order valence-electron chi connectivity index (χ2n) is 6.42. The molecule has 0 bridgehead atoms. The number of nitrogens with one attached hydrogen (secondary N) is 1. The molecule has 23 heavy (non-hydrogen) atoms. The van der Waals surface area contributed by atoms with Crippen LogP contribution in [-0.2, 0) is 13.5 Å². The van der Waals surface area contributed by atoms with E-state index >= 15 is 0 Å². The van der Waals surface area contributed by atoms with Crippen LogP contribution in [0.5, 0.6) is 0 Å². The van der Waals surface area contributed by atoms with Crippen LogP contribution in [0.3, 0.4) is 0 Å². The molecule has 3 nitrogen and oxygen atoms in total. The summed E-state index contributed by atoms with van der Waals surface area (Å²) in [4.78, 5) is 1.20. The number of fused-ring (bicyclic) bond motifs is 1. The highest BCUT2D eigenvalue weighted by molar-refractivity contribution is 7.99. The molecule has 2 atom stereocenters. The third kappa shape index (κ3) is 3.45. The predicted octanol–water partition coefficient (Wildman–Crippen LogP) is 3.93. The van der Waals surface area contributed by atoms with Crippen molar-refractivity contribution in [3.05, 3.63) is 46.5 Å². The van der Waals surface area contributed by atoms with Crippen LogP contribution in [0.15, 0.2) is 23.1 Å². The van der Waals surface area contributed by atoms with Crippen LogP contribution >= 0.6 is 11.8 Å². The van der Waals surface area contributed by atoms with Crippen LogP contribution in [0.25, 0.3) is 0 Å². The fraction of sp³-hybridized carbons (Fsp3) is 0.500. The molecule has 1 aliphatic rings. The van der Waals surface area contributed by atoms with Crippen LogP contribution < -0.4 is 5.32 Å². The Morgan fingerprint density at radius 2 is 2.22 bits per heavy atom. The van der Waals surface area contributed by atoms with Gasteiger partial charge in [-0.1, -0.05) is 0 Å². The van der Waals surface area contributed by atoms with Gasteiger partial charge in [-0.25, -0.2) is 4.39 Å². The summed E-state index contributed by atoms with van der Waals surface area (Å²) in [7, 11) is 1.99. The van der Waals surface area contributed by atoms with Crippen LogP contribution in [0.1, 0.15) is 41.9 Å². The maximum absolute atomic E-state index is 13.6. The van der Waals surface area contributed by atoms with Gasteiger partial charge in [0.2, 0.25) is 0 Å². The second-order valence-corrected chi connectivity index (χ2v) is 7.55. The molecular weight excluding hydrogens is 309 g/mol. The van der Waals surface area contributed by atoms with E-state index in [2.05, 4.69) is 31.2 Å². The van der Waals surface area contributed by atoms with Gasteiger partial charge in [-0.15, -0.1) is 11.8 Å². The van der Waals surface area contributed by atoms with E-state index in [1.807, 2.05) is 29.6 Å². The van der Waals surface area contributed by atoms with E-state index in [9.17, 15) is 4.39 Å². The smallest absolute Gasteiger partial charge is 0.123 e. The van der Waals surface area contributed by atoms with Gasteiger partial charge in [0.15, 0.2) is 0 Å². The normalized spacial score (nSPS) is 18.7. The van der Waals surface area contributed by atoms with E-state index in [-0.39, 0.29) is 11.9 Å². The summed E-state index contributed by atoms with van der Waals surface area (Å²) in [6, 6.07) is 5.70. The average molecular weight is 333 g/mol. The van der Waals surface area contributed by atoms with Crippen molar-refractivity contribution in [3.63, 3.8) is 0 Å². The van der Waals surface area contributed by atoms with Crippen molar-refractivity contribution < 1.29 is 4.39 Å². The molecule has 124 valence electrons. The Kier molecular flexibility index (Phi) is 4.78. The molecule has 2 aromatic rings. The molecule has 0 aliphatic carbocycles. The molecule has 1 N–H and O–H groups in total. The first-order chi connectivity index (χ1) is 11.0. The van der Waals surface area contributed by atoms with E-state index in [0.717, 1.165) is 29.9 Å². The zero-order chi connectivity index (χ0) is 16.6. The minimum atomic E-state index is -0.148. The number of hydrogen-bond donors (Lipinski definition) is 1. The Balaban J connectivity index is 1.74. The fourth-order valence-corrected chi connectivity index (χ4v) is 4.47. The van der Waals surface area contributed by atoms with Gasteiger partial charge in [0.1, 0.15) is 5.82 Å². The highest BCUT2D eigenvalue weighted by Crippen LogP contribution is 2.36. The van der Waals surface area contributed by atoms with Crippen LogP contribution in [-0.4, -0.2) is 21.6 Å². The number of rotatable bonds is 4. The molecule has 5 heteroatoms. The first-order valence-electron chi connectivity index (χ1n) is 8.13. The number of hydrogen-bond acceptors (Lipinski definition) is 3. The quantitative estimate of drug-likeness (QED) is 0.919. The maximum atomic E-state index is 13.6. The summed E-state index contributed by atoms with van der Waals surface area (Å²) in [5.41, 5.74) is 4.75. The lowest BCUT2D eigenvalue weighted by Gasteiger charge is -2.29. The van der Waals surface area contributed by atoms with E-state index in [4.69, 9.17) is 0 Å². The van der Waals surface area contributed by atoms with Crippen molar-refractivity contribution in [2.24, 2.45) is 7.05 Å². The van der Waals surface area contributed by atoms with Gasteiger partial charge in [-0.3, -0.25) is 4.68 Å². The molecule has 0 saturated carbocycles. The minimum absolute atomic E-state index is 0.148. The van der Waals surface area contributed by atoms with Crippen LogP contribution in [0.2, 0.25) is 0 Å². The standard InChI is InChI=1S/C18H24FN3S/c1-11(9-15-12(2)21-22(4)13(15)3)20-17-7-8-23-18-6-5-14(19)10-16(17)18/h5-6,10-11,17,20H,7-9H2,1-4H3. The number of aromatic nitrogens is 2. The van der Waals surface area contributed by atoms with E-state index in [1.165, 1.54) is 16.2 Å². The molecule has 1 aliphatic heterocycles. The minimum Gasteiger partial charge on any atom is -0.307 e. The zero-order valence-corrected chi connectivity index (χ0v) is 15.0. The molecule has 0 radical (unpaired) electrons. The molecule has 0 fully saturated rings. The topological polar surface area (TPSA) is 29.9 Å². The van der Waals surface area contributed by atoms with Gasteiger partial charge >= 0.3 is 0 Å². The van der Waals surface area contributed by atoms with Crippen molar-refractivity contribution in [2.75, 3.05) is 5.75 Å². The van der Waals surface area contributed by atoms with Crippen molar-refractivity contribution in [3.8, 4) is 0 Å². The summed E-state index contributed by atoms with van der Waals surface area (Å²) in [5, 5.41) is 8.19. The predicted molar refractivity (Wildman–Crippen MR) is 93.5 cm³/mol. The van der Waals surface area contributed by atoms with Crippen molar-refractivity contribution >= 4 is 11.8 Å². The van der Waals surface area contributed by atoms with Gasteiger partial charge < -0.3 is 5.32 Å². The Morgan fingerprint density at radius 1 is 1.43 bits per heavy atom. The van der Waals surface area contributed by atoms with Crippen molar-refractivity contribution in [2.45, 2.75) is 50.6 Å². The lowest BCUT2D eigenvalue weighted by Crippen LogP contribution is -2.34. The number of thioether (sulfide) groups is 1.